The average molecular weight is 328 g/mol. The lowest BCUT2D eigenvalue weighted by Gasteiger charge is -2.31. The summed E-state index contributed by atoms with van der Waals surface area (Å²) in [6.07, 6.45) is -0.343. The number of nitrogens with one attached hydrogen (secondary N) is 2. The molecule has 1 saturated heterocycles. The van der Waals surface area contributed by atoms with Crippen molar-refractivity contribution in [3.63, 3.8) is 0 Å². The average Bonchev–Trinajstić information content (AvgIpc) is 2.51. The molecule has 1 aliphatic rings. The molecule has 0 radical (unpaired) electrons. The highest BCUT2D eigenvalue weighted by Crippen LogP contribution is 2.14. The molecule has 126 valence electrons. The Labute approximate surface area is 133 Å². The first-order chi connectivity index (χ1) is 11.0. The minimum absolute atomic E-state index is 0.0408. The van der Waals surface area contributed by atoms with Gasteiger partial charge in [-0.25, -0.2) is 13.6 Å². The summed E-state index contributed by atoms with van der Waals surface area (Å²) in [5, 5.41) is 2.43. The van der Waals surface area contributed by atoms with Crippen LogP contribution in [0, 0.1) is 11.6 Å². The van der Waals surface area contributed by atoms with Gasteiger partial charge >= 0.3 is 6.09 Å². The Hall–Kier alpha value is -2.22. The van der Waals surface area contributed by atoms with Gasteiger partial charge in [0.2, 0.25) is 0 Å². The van der Waals surface area contributed by atoms with Crippen molar-refractivity contribution in [3.8, 4) is 0 Å². The lowest BCUT2D eigenvalue weighted by Crippen LogP contribution is -3.15. The van der Waals surface area contributed by atoms with Crippen molar-refractivity contribution in [2.45, 2.75) is 6.92 Å². The van der Waals surface area contributed by atoms with E-state index in [0.717, 1.165) is 17.0 Å². The molecule has 0 aromatic heterocycles. The summed E-state index contributed by atoms with van der Waals surface area (Å²) < 4.78 is 31.2. The fourth-order valence-corrected chi connectivity index (χ4v) is 2.41. The van der Waals surface area contributed by atoms with Crippen molar-refractivity contribution in [1.29, 1.82) is 0 Å². The summed E-state index contributed by atoms with van der Waals surface area (Å²) in [6, 6.07) is 3.00. The molecule has 1 fully saturated rings. The maximum atomic E-state index is 13.5. The lowest BCUT2D eigenvalue weighted by molar-refractivity contribution is -0.895. The Kier molecular flexibility index (Phi) is 5.86. The van der Waals surface area contributed by atoms with Crippen LogP contribution in [-0.4, -0.2) is 56.2 Å². The van der Waals surface area contributed by atoms with E-state index in [9.17, 15) is 18.4 Å². The molecule has 1 aromatic carbocycles. The highest BCUT2D eigenvalue weighted by molar-refractivity contribution is 5.91. The van der Waals surface area contributed by atoms with E-state index in [1.807, 2.05) is 0 Å². The Morgan fingerprint density at radius 2 is 2.00 bits per heavy atom. The number of nitrogens with zero attached hydrogens (tertiary/aromatic N) is 1. The fourth-order valence-electron chi connectivity index (χ4n) is 2.41. The zero-order valence-electron chi connectivity index (χ0n) is 12.9. The molecule has 0 bridgehead atoms. The molecule has 8 heteroatoms. The molecular formula is C15H20F2N3O3+. The van der Waals surface area contributed by atoms with Crippen molar-refractivity contribution in [3.05, 3.63) is 29.8 Å². The molecule has 2 amide bonds. The Bertz CT molecular complexity index is 575. The van der Waals surface area contributed by atoms with Gasteiger partial charge in [0.1, 0.15) is 11.6 Å². The second kappa shape index (κ2) is 7.87. The summed E-state index contributed by atoms with van der Waals surface area (Å²) in [6.45, 7) is 4.47. The minimum atomic E-state index is -0.805. The van der Waals surface area contributed by atoms with Crippen LogP contribution >= 0.6 is 0 Å². The third-order valence-electron chi connectivity index (χ3n) is 3.61. The smallest absolute Gasteiger partial charge is 0.410 e. The maximum Gasteiger partial charge on any atom is 0.410 e. The molecule has 0 aliphatic carbocycles. The highest BCUT2D eigenvalue weighted by atomic mass is 19.1. The minimum Gasteiger partial charge on any atom is -0.450 e. The molecular weight excluding hydrogens is 308 g/mol. The van der Waals surface area contributed by atoms with Crippen molar-refractivity contribution < 1.29 is 28.0 Å². The number of rotatable bonds is 4. The summed E-state index contributed by atoms with van der Waals surface area (Å²) in [4.78, 5) is 26.1. The van der Waals surface area contributed by atoms with E-state index < -0.39 is 11.6 Å². The predicted octanol–water partition coefficient (Wildman–Crippen LogP) is 0.260. The predicted molar refractivity (Wildman–Crippen MR) is 79.1 cm³/mol. The molecule has 1 heterocycles. The van der Waals surface area contributed by atoms with Gasteiger partial charge in [0.05, 0.1) is 38.5 Å². The van der Waals surface area contributed by atoms with E-state index in [-0.39, 0.29) is 24.2 Å². The summed E-state index contributed by atoms with van der Waals surface area (Å²) >= 11 is 0. The van der Waals surface area contributed by atoms with E-state index in [0.29, 0.717) is 32.8 Å². The van der Waals surface area contributed by atoms with Crippen LogP contribution in [0.15, 0.2) is 18.2 Å². The number of carbonyl (C=O) groups is 2. The number of piperazine rings is 1. The highest BCUT2D eigenvalue weighted by Gasteiger charge is 2.26. The van der Waals surface area contributed by atoms with Gasteiger partial charge in [-0.1, -0.05) is 0 Å². The molecule has 0 atom stereocenters. The summed E-state index contributed by atoms with van der Waals surface area (Å²) in [7, 11) is 0. The third kappa shape index (κ3) is 4.88. The van der Waals surface area contributed by atoms with E-state index in [1.165, 1.54) is 6.07 Å². The van der Waals surface area contributed by atoms with Crippen molar-refractivity contribution in [2.24, 2.45) is 0 Å². The molecule has 23 heavy (non-hydrogen) atoms. The monoisotopic (exact) mass is 328 g/mol. The van der Waals surface area contributed by atoms with Gasteiger partial charge < -0.3 is 15.0 Å². The molecule has 2 N–H and O–H groups in total. The molecule has 0 spiro atoms. The van der Waals surface area contributed by atoms with Gasteiger partial charge in [0, 0.05) is 6.07 Å². The van der Waals surface area contributed by atoms with E-state index in [4.69, 9.17) is 4.74 Å². The number of benzene rings is 1. The molecule has 2 rings (SSSR count). The molecule has 0 saturated carbocycles. The molecule has 0 unspecified atom stereocenters. The van der Waals surface area contributed by atoms with Crippen LogP contribution < -0.4 is 10.2 Å². The lowest BCUT2D eigenvalue weighted by atomic mass is 10.3. The molecule has 1 aliphatic heterocycles. The Balaban J connectivity index is 1.79. The molecule has 1 aromatic rings. The second-order valence-electron chi connectivity index (χ2n) is 5.29. The normalized spacial score (nSPS) is 15.3. The van der Waals surface area contributed by atoms with Crippen LogP contribution in [0.25, 0.3) is 0 Å². The SMILES string of the molecule is CCOC(=O)N1CC[NH+](CC(=O)Nc2ccc(F)cc2F)CC1. The van der Waals surface area contributed by atoms with Crippen molar-refractivity contribution in [2.75, 3.05) is 44.6 Å². The van der Waals surface area contributed by atoms with Crippen molar-refractivity contribution >= 4 is 17.7 Å². The van der Waals surface area contributed by atoms with Gasteiger partial charge in [0.25, 0.3) is 5.91 Å². The summed E-state index contributed by atoms with van der Waals surface area (Å²) in [5.74, 6) is -1.85. The number of carbonyl (C=O) groups excluding carboxylic acids is 2. The van der Waals surface area contributed by atoms with Gasteiger partial charge in [-0.3, -0.25) is 9.69 Å². The first kappa shape index (κ1) is 17.1. The van der Waals surface area contributed by atoms with Gasteiger partial charge in [-0.2, -0.15) is 0 Å². The third-order valence-corrected chi connectivity index (χ3v) is 3.61. The first-order valence-electron chi connectivity index (χ1n) is 7.49. The Morgan fingerprint density at radius 1 is 1.30 bits per heavy atom. The quantitative estimate of drug-likeness (QED) is 0.833. The zero-order chi connectivity index (χ0) is 16.8. The number of quaternary nitrogens is 1. The van der Waals surface area contributed by atoms with Crippen LogP contribution in [0.4, 0.5) is 19.3 Å². The van der Waals surface area contributed by atoms with Crippen LogP contribution in [0.1, 0.15) is 6.92 Å². The van der Waals surface area contributed by atoms with Crippen molar-refractivity contribution in [1.82, 2.24) is 4.90 Å². The second-order valence-corrected chi connectivity index (χ2v) is 5.29. The Morgan fingerprint density at radius 3 is 2.61 bits per heavy atom. The summed E-state index contributed by atoms with van der Waals surface area (Å²) in [5.41, 5.74) is -0.0408. The van der Waals surface area contributed by atoms with Crippen LogP contribution in [0.2, 0.25) is 0 Å². The number of anilines is 1. The standard InChI is InChI=1S/C15H19F2N3O3/c1-2-23-15(22)20-7-5-19(6-8-20)10-14(21)18-13-4-3-11(16)9-12(13)17/h3-4,9H,2,5-8,10H2,1H3,(H,18,21)/p+1. The number of ether oxygens (including phenoxy) is 1. The van der Waals surface area contributed by atoms with Crippen LogP contribution in [0.5, 0.6) is 0 Å². The fraction of sp³-hybridized carbons (Fsp3) is 0.467. The molecule has 6 nitrogen and oxygen atoms in total. The first-order valence-corrected chi connectivity index (χ1v) is 7.49. The zero-order valence-corrected chi connectivity index (χ0v) is 12.9. The van der Waals surface area contributed by atoms with E-state index >= 15 is 0 Å². The number of halogens is 2. The number of hydrogen-bond donors (Lipinski definition) is 2. The van der Waals surface area contributed by atoms with Crippen LogP contribution in [-0.2, 0) is 9.53 Å². The largest absolute Gasteiger partial charge is 0.450 e. The topological polar surface area (TPSA) is 63.1 Å². The number of hydrogen-bond acceptors (Lipinski definition) is 3. The van der Waals surface area contributed by atoms with Gasteiger partial charge in [0.15, 0.2) is 6.54 Å². The number of amides is 2. The van der Waals surface area contributed by atoms with E-state index in [2.05, 4.69) is 5.32 Å². The van der Waals surface area contributed by atoms with E-state index in [1.54, 1.807) is 11.8 Å². The van der Waals surface area contributed by atoms with Crippen LogP contribution in [0.3, 0.4) is 0 Å². The van der Waals surface area contributed by atoms with Gasteiger partial charge in [-0.05, 0) is 19.1 Å². The maximum absolute atomic E-state index is 13.5. The van der Waals surface area contributed by atoms with Gasteiger partial charge in [-0.15, -0.1) is 0 Å².